The number of hydroxylamine groups is 1. The summed E-state index contributed by atoms with van der Waals surface area (Å²) in [4.78, 5) is 16.5. The Morgan fingerprint density at radius 1 is 1.25 bits per heavy atom. The van der Waals surface area contributed by atoms with Gasteiger partial charge < -0.3 is 16.6 Å². The number of hydrogen-bond donors (Lipinski definition) is 3. The molecule has 0 aliphatic heterocycles. The van der Waals surface area contributed by atoms with Crippen molar-refractivity contribution in [3.63, 3.8) is 0 Å². The molecule has 0 saturated heterocycles. The molecule has 8 heteroatoms. The molecule has 90 valence electrons. The molecule has 0 radical (unpaired) electrons. The van der Waals surface area contributed by atoms with Gasteiger partial charge in [0.05, 0.1) is 6.61 Å². The van der Waals surface area contributed by atoms with Crippen LogP contribution in [0.3, 0.4) is 0 Å². The summed E-state index contributed by atoms with van der Waals surface area (Å²) in [5, 5.41) is 10.2. The van der Waals surface area contributed by atoms with E-state index in [0.29, 0.717) is 12.5 Å². The second-order valence-electron chi connectivity index (χ2n) is 3.56. The van der Waals surface area contributed by atoms with E-state index in [0.717, 1.165) is 5.06 Å². The predicted molar refractivity (Wildman–Crippen MR) is 59.0 cm³/mol. The molecule has 1 rings (SSSR count). The van der Waals surface area contributed by atoms with Crippen LogP contribution in [-0.4, -0.2) is 33.4 Å². The summed E-state index contributed by atoms with van der Waals surface area (Å²) in [7, 11) is 0. The summed E-state index contributed by atoms with van der Waals surface area (Å²) >= 11 is 0. The largest absolute Gasteiger partial charge is 0.374 e. The van der Waals surface area contributed by atoms with Crippen LogP contribution < -0.4 is 16.5 Å². The van der Waals surface area contributed by atoms with Gasteiger partial charge in [-0.15, -0.1) is 0 Å². The Balaban J connectivity index is 2.78. The molecular weight excluding hydrogens is 212 g/mol. The lowest BCUT2D eigenvalue weighted by Gasteiger charge is -2.20. The number of aromatic nitrogens is 3. The van der Waals surface area contributed by atoms with Crippen molar-refractivity contribution in [2.45, 2.75) is 13.8 Å². The van der Waals surface area contributed by atoms with Gasteiger partial charge in [-0.2, -0.15) is 20.0 Å². The van der Waals surface area contributed by atoms with Crippen LogP contribution in [0.4, 0.5) is 17.8 Å². The Bertz CT molecular complexity index is 325. The summed E-state index contributed by atoms with van der Waals surface area (Å²) in [6.45, 7) is 3.99. The highest BCUT2D eigenvalue weighted by Gasteiger charge is 2.12. The number of nitrogens with two attached hydrogens (primary N) is 2. The number of aliphatic hydroxyl groups is 1. The van der Waals surface area contributed by atoms with Gasteiger partial charge in [0.2, 0.25) is 11.9 Å². The fourth-order valence-corrected chi connectivity index (χ4v) is 0.910. The summed E-state index contributed by atoms with van der Waals surface area (Å²) in [6.07, 6.45) is 0. The van der Waals surface area contributed by atoms with Crippen molar-refractivity contribution in [1.29, 1.82) is 0 Å². The molecule has 0 fully saturated rings. The minimum atomic E-state index is -0.393. The van der Waals surface area contributed by atoms with Crippen molar-refractivity contribution >= 4 is 17.8 Å². The standard InChI is InChI=1S/C8H16N6O2/c1-5(2)3-16-14(4-15)8-12-6(9)11-7(10)13-8/h5,15H,3-4H2,1-2H3,(H4,9,10,11,12,13). The van der Waals surface area contributed by atoms with Gasteiger partial charge in [0, 0.05) is 0 Å². The minimum Gasteiger partial charge on any atom is -0.374 e. The van der Waals surface area contributed by atoms with Gasteiger partial charge in [-0.05, 0) is 5.92 Å². The third-order valence-corrected chi connectivity index (χ3v) is 1.57. The molecule has 0 saturated carbocycles. The van der Waals surface area contributed by atoms with Gasteiger partial charge in [-0.1, -0.05) is 13.8 Å². The highest BCUT2D eigenvalue weighted by Crippen LogP contribution is 2.10. The third kappa shape index (κ3) is 3.48. The van der Waals surface area contributed by atoms with E-state index in [9.17, 15) is 0 Å². The lowest BCUT2D eigenvalue weighted by Crippen LogP contribution is -2.29. The Hall–Kier alpha value is -1.67. The lowest BCUT2D eigenvalue weighted by atomic mass is 10.2. The van der Waals surface area contributed by atoms with Gasteiger partial charge in [0.15, 0.2) is 0 Å². The van der Waals surface area contributed by atoms with E-state index in [1.54, 1.807) is 0 Å². The van der Waals surface area contributed by atoms with Crippen molar-refractivity contribution < 1.29 is 9.94 Å². The average Bonchev–Trinajstić information content (AvgIpc) is 2.16. The van der Waals surface area contributed by atoms with Crippen LogP contribution in [0.25, 0.3) is 0 Å². The Morgan fingerprint density at radius 3 is 2.25 bits per heavy atom. The van der Waals surface area contributed by atoms with Crippen molar-refractivity contribution in [2.75, 3.05) is 29.9 Å². The van der Waals surface area contributed by atoms with E-state index in [1.165, 1.54) is 0 Å². The molecule has 0 aliphatic rings. The topological polar surface area (TPSA) is 123 Å². The first-order chi connectivity index (χ1) is 7.52. The monoisotopic (exact) mass is 228 g/mol. The molecule has 0 aromatic carbocycles. The van der Waals surface area contributed by atoms with E-state index < -0.39 is 6.73 Å². The molecule has 0 atom stereocenters. The van der Waals surface area contributed by atoms with Crippen LogP contribution in [0.2, 0.25) is 0 Å². The van der Waals surface area contributed by atoms with Crippen molar-refractivity contribution in [3.8, 4) is 0 Å². The molecule has 5 N–H and O–H groups in total. The summed E-state index contributed by atoms with van der Waals surface area (Å²) in [5.41, 5.74) is 10.8. The fourth-order valence-electron chi connectivity index (χ4n) is 0.910. The second-order valence-corrected chi connectivity index (χ2v) is 3.56. The Morgan fingerprint density at radius 2 is 1.81 bits per heavy atom. The van der Waals surface area contributed by atoms with Crippen LogP contribution in [-0.2, 0) is 4.84 Å². The van der Waals surface area contributed by atoms with E-state index >= 15 is 0 Å². The van der Waals surface area contributed by atoms with Gasteiger partial charge in [-0.25, -0.2) is 0 Å². The highest BCUT2D eigenvalue weighted by molar-refractivity contribution is 5.37. The summed E-state index contributed by atoms with van der Waals surface area (Å²) in [5.74, 6) is 0.363. The SMILES string of the molecule is CC(C)CON(CO)c1nc(N)nc(N)n1. The fraction of sp³-hybridized carbons (Fsp3) is 0.625. The molecule has 1 aromatic rings. The second kappa shape index (κ2) is 5.42. The normalized spacial score (nSPS) is 10.8. The molecule has 0 spiro atoms. The summed E-state index contributed by atoms with van der Waals surface area (Å²) < 4.78 is 0. The van der Waals surface area contributed by atoms with E-state index in [4.69, 9.17) is 21.4 Å². The Kier molecular flexibility index (Phi) is 4.20. The number of anilines is 3. The summed E-state index contributed by atoms with van der Waals surface area (Å²) in [6, 6.07) is 0. The molecule has 1 heterocycles. The first-order valence-corrected chi connectivity index (χ1v) is 4.81. The molecular formula is C8H16N6O2. The quantitative estimate of drug-likeness (QED) is 0.450. The zero-order valence-electron chi connectivity index (χ0n) is 9.29. The van der Waals surface area contributed by atoms with Crippen LogP contribution in [0.15, 0.2) is 0 Å². The van der Waals surface area contributed by atoms with Gasteiger partial charge in [0.1, 0.15) is 6.73 Å². The average molecular weight is 228 g/mol. The molecule has 0 aliphatic carbocycles. The van der Waals surface area contributed by atoms with E-state index in [2.05, 4.69) is 15.0 Å². The van der Waals surface area contributed by atoms with Crippen molar-refractivity contribution in [1.82, 2.24) is 15.0 Å². The van der Waals surface area contributed by atoms with E-state index in [-0.39, 0.29) is 17.8 Å². The molecule has 1 aromatic heterocycles. The van der Waals surface area contributed by atoms with Crippen LogP contribution in [0.5, 0.6) is 0 Å². The first kappa shape index (κ1) is 12.4. The van der Waals surface area contributed by atoms with Crippen LogP contribution >= 0.6 is 0 Å². The molecule has 0 unspecified atom stereocenters. The van der Waals surface area contributed by atoms with Gasteiger partial charge >= 0.3 is 0 Å². The predicted octanol–water partition coefficient (Wildman–Crippen LogP) is -0.620. The first-order valence-electron chi connectivity index (χ1n) is 4.81. The maximum absolute atomic E-state index is 9.09. The van der Waals surface area contributed by atoms with Crippen LogP contribution in [0, 0.1) is 5.92 Å². The smallest absolute Gasteiger partial charge is 0.258 e. The van der Waals surface area contributed by atoms with Crippen LogP contribution in [0.1, 0.15) is 13.8 Å². The molecule has 16 heavy (non-hydrogen) atoms. The zero-order chi connectivity index (χ0) is 12.1. The van der Waals surface area contributed by atoms with Crippen molar-refractivity contribution in [3.05, 3.63) is 0 Å². The van der Waals surface area contributed by atoms with E-state index in [1.807, 2.05) is 13.8 Å². The number of nitrogen functional groups attached to an aromatic ring is 2. The number of hydrogen-bond acceptors (Lipinski definition) is 8. The Labute approximate surface area is 93.2 Å². The minimum absolute atomic E-state index is 0.0194. The molecule has 0 amide bonds. The molecule has 0 bridgehead atoms. The van der Waals surface area contributed by atoms with Gasteiger partial charge in [-0.3, -0.25) is 4.84 Å². The number of aliphatic hydroxyl groups excluding tert-OH is 1. The maximum Gasteiger partial charge on any atom is 0.258 e. The lowest BCUT2D eigenvalue weighted by molar-refractivity contribution is 0.0425. The zero-order valence-corrected chi connectivity index (χ0v) is 9.29. The molecule has 8 nitrogen and oxygen atoms in total. The number of nitrogens with zero attached hydrogens (tertiary/aromatic N) is 4. The third-order valence-electron chi connectivity index (χ3n) is 1.57. The highest BCUT2D eigenvalue weighted by atomic mass is 16.7. The number of rotatable bonds is 5. The van der Waals surface area contributed by atoms with Crippen molar-refractivity contribution in [2.24, 2.45) is 5.92 Å². The maximum atomic E-state index is 9.09. The van der Waals surface area contributed by atoms with Gasteiger partial charge in [0.25, 0.3) is 5.95 Å².